The van der Waals surface area contributed by atoms with E-state index in [0.717, 1.165) is 69.8 Å². The summed E-state index contributed by atoms with van der Waals surface area (Å²) in [6.07, 6.45) is 9.49. The molecule has 6 nitrogen and oxygen atoms in total. The van der Waals surface area contributed by atoms with Gasteiger partial charge >= 0.3 is 0 Å². The van der Waals surface area contributed by atoms with E-state index in [4.69, 9.17) is 4.74 Å². The van der Waals surface area contributed by atoms with Gasteiger partial charge in [-0.2, -0.15) is 0 Å². The van der Waals surface area contributed by atoms with Crippen molar-refractivity contribution in [1.29, 1.82) is 0 Å². The number of aromatic nitrogens is 3. The minimum atomic E-state index is 0.0184. The number of nitrogens with zero attached hydrogens (tertiary/aromatic N) is 4. The average Bonchev–Trinajstić information content (AvgIpc) is 3.28. The molecule has 2 aromatic heterocycles. The zero-order valence-corrected chi connectivity index (χ0v) is 17.7. The van der Waals surface area contributed by atoms with Gasteiger partial charge in [-0.1, -0.05) is 12.1 Å². The molecule has 0 saturated carbocycles. The quantitative estimate of drug-likeness (QED) is 0.618. The van der Waals surface area contributed by atoms with Crippen LogP contribution < -0.4 is 10.3 Å². The summed E-state index contributed by atoms with van der Waals surface area (Å²) in [6.45, 7) is 4.85. The Morgan fingerprint density at radius 3 is 2.71 bits per heavy atom. The van der Waals surface area contributed by atoms with Crippen LogP contribution in [0.4, 0.5) is 0 Å². The summed E-state index contributed by atoms with van der Waals surface area (Å²) in [7, 11) is 0. The van der Waals surface area contributed by atoms with Crippen LogP contribution in [0.15, 0.2) is 59.9 Å². The Balaban J connectivity index is 1.12. The van der Waals surface area contributed by atoms with E-state index in [2.05, 4.69) is 33.1 Å². The first-order chi connectivity index (χ1) is 15.2. The summed E-state index contributed by atoms with van der Waals surface area (Å²) in [5.74, 6) is 1.59. The lowest BCUT2D eigenvalue weighted by Gasteiger charge is -2.32. The number of hydrogen-bond acceptors (Lipinski definition) is 5. The molecule has 0 N–H and O–H groups in total. The van der Waals surface area contributed by atoms with Gasteiger partial charge in [0.15, 0.2) is 0 Å². The molecule has 1 saturated heterocycles. The number of pyridine rings is 1. The summed E-state index contributed by atoms with van der Waals surface area (Å²) in [6, 6.07) is 12.0. The maximum Gasteiger partial charge on any atom is 0.253 e. The van der Waals surface area contributed by atoms with Gasteiger partial charge in [0.2, 0.25) is 0 Å². The van der Waals surface area contributed by atoms with Crippen LogP contribution in [0.2, 0.25) is 0 Å². The van der Waals surface area contributed by atoms with Crippen molar-refractivity contribution in [2.24, 2.45) is 5.92 Å². The van der Waals surface area contributed by atoms with Crippen LogP contribution in [0.5, 0.6) is 5.75 Å². The standard InChI is InChI=1S/C25H28N4O2/c30-25-16-23(21-3-9-26-10-4-21)27-18-29(25)17-20-6-12-28(13-7-20)11-5-19-1-2-24-22(15-19)8-14-31-24/h1-4,9-10,15-16,18,20H,5-8,11-14,17H2. The minimum absolute atomic E-state index is 0.0184. The summed E-state index contributed by atoms with van der Waals surface area (Å²) in [5.41, 5.74) is 4.40. The van der Waals surface area contributed by atoms with Crippen LogP contribution in [0.1, 0.15) is 24.0 Å². The van der Waals surface area contributed by atoms with Crippen molar-refractivity contribution < 1.29 is 4.74 Å². The smallest absolute Gasteiger partial charge is 0.253 e. The highest BCUT2D eigenvalue weighted by Crippen LogP contribution is 2.26. The molecule has 6 heteroatoms. The van der Waals surface area contributed by atoms with Crippen molar-refractivity contribution in [1.82, 2.24) is 19.4 Å². The molecule has 0 unspecified atom stereocenters. The minimum Gasteiger partial charge on any atom is -0.493 e. The van der Waals surface area contributed by atoms with Gasteiger partial charge in [-0.25, -0.2) is 4.98 Å². The Hall–Kier alpha value is -2.99. The van der Waals surface area contributed by atoms with E-state index in [1.54, 1.807) is 29.4 Å². The second-order valence-electron chi connectivity index (χ2n) is 8.58. The first-order valence-electron chi connectivity index (χ1n) is 11.2. The molecule has 1 aromatic carbocycles. The predicted octanol–water partition coefficient (Wildman–Crippen LogP) is 3.19. The molecule has 0 bridgehead atoms. The zero-order valence-electron chi connectivity index (χ0n) is 17.7. The van der Waals surface area contributed by atoms with Gasteiger partial charge in [0, 0.05) is 43.5 Å². The van der Waals surface area contributed by atoms with E-state index in [9.17, 15) is 4.79 Å². The molecular weight excluding hydrogens is 388 g/mol. The maximum atomic E-state index is 12.6. The molecule has 0 spiro atoms. The zero-order chi connectivity index (χ0) is 21.0. The monoisotopic (exact) mass is 416 g/mol. The van der Waals surface area contributed by atoms with Crippen LogP contribution in [0.3, 0.4) is 0 Å². The summed E-state index contributed by atoms with van der Waals surface area (Å²) >= 11 is 0. The number of rotatable bonds is 6. The van der Waals surface area contributed by atoms with Gasteiger partial charge in [0.25, 0.3) is 5.56 Å². The van der Waals surface area contributed by atoms with Crippen LogP contribution in [0, 0.1) is 5.92 Å². The van der Waals surface area contributed by atoms with Gasteiger partial charge in [0.05, 0.1) is 18.6 Å². The van der Waals surface area contributed by atoms with Crippen molar-refractivity contribution >= 4 is 0 Å². The highest BCUT2D eigenvalue weighted by atomic mass is 16.5. The van der Waals surface area contributed by atoms with Crippen LogP contribution >= 0.6 is 0 Å². The summed E-state index contributed by atoms with van der Waals surface area (Å²) < 4.78 is 7.37. The second-order valence-corrected chi connectivity index (χ2v) is 8.58. The molecule has 5 rings (SSSR count). The molecule has 2 aliphatic rings. The first-order valence-corrected chi connectivity index (χ1v) is 11.2. The molecular formula is C25H28N4O2. The fourth-order valence-corrected chi connectivity index (χ4v) is 4.60. The molecule has 0 amide bonds. The van der Waals surface area contributed by atoms with Gasteiger partial charge in [-0.3, -0.25) is 14.3 Å². The van der Waals surface area contributed by atoms with Gasteiger partial charge in [-0.15, -0.1) is 0 Å². The van der Waals surface area contributed by atoms with E-state index in [1.165, 1.54) is 11.1 Å². The van der Waals surface area contributed by atoms with Gasteiger partial charge < -0.3 is 9.64 Å². The van der Waals surface area contributed by atoms with Crippen molar-refractivity contribution in [3.05, 3.63) is 76.6 Å². The van der Waals surface area contributed by atoms with Crippen molar-refractivity contribution in [2.75, 3.05) is 26.2 Å². The van der Waals surface area contributed by atoms with Crippen LogP contribution in [-0.2, 0) is 19.4 Å². The third kappa shape index (κ3) is 4.69. The van der Waals surface area contributed by atoms with Crippen molar-refractivity contribution in [2.45, 2.75) is 32.2 Å². The summed E-state index contributed by atoms with van der Waals surface area (Å²) in [4.78, 5) is 23.6. The predicted molar refractivity (Wildman–Crippen MR) is 120 cm³/mol. The number of ether oxygens (including phenoxy) is 1. The van der Waals surface area contributed by atoms with Crippen LogP contribution in [0.25, 0.3) is 11.3 Å². The van der Waals surface area contributed by atoms with Crippen LogP contribution in [-0.4, -0.2) is 45.7 Å². The lowest BCUT2D eigenvalue weighted by atomic mass is 9.96. The van der Waals surface area contributed by atoms with E-state index in [-0.39, 0.29) is 5.56 Å². The number of hydrogen-bond donors (Lipinski definition) is 0. The second kappa shape index (κ2) is 9.02. The fourth-order valence-electron chi connectivity index (χ4n) is 4.60. The average molecular weight is 417 g/mol. The topological polar surface area (TPSA) is 60.2 Å². The molecule has 31 heavy (non-hydrogen) atoms. The Morgan fingerprint density at radius 1 is 1.06 bits per heavy atom. The Labute approximate surface area is 182 Å². The number of fused-ring (bicyclic) bond motifs is 1. The Bertz CT molecular complexity index is 1090. The maximum absolute atomic E-state index is 12.6. The van der Waals surface area contributed by atoms with E-state index in [1.807, 2.05) is 12.1 Å². The van der Waals surface area contributed by atoms with Gasteiger partial charge in [-0.05, 0) is 67.6 Å². The van der Waals surface area contributed by atoms with Gasteiger partial charge in [0.1, 0.15) is 5.75 Å². The third-order valence-electron chi connectivity index (χ3n) is 6.49. The fraction of sp³-hybridized carbons (Fsp3) is 0.400. The lowest BCUT2D eigenvalue weighted by Crippen LogP contribution is -2.37. The molecule has 1 fully saturated rings. The van der Waals surface area contributed by atoms with E-state index < -0.39 is 0 Å². The number of piperidine rings is 1. The molecule has 0 radical (unpaired) electrons. The summed E-state index contributed by atoms with van der Waals surface area (Å²) in [5, 5.41) is 0. The van der Waals surface area contributed by atoms with E-state index in [0.29, 0.717) is 11.6 Å². The number of benzene rings is 1. The molecule has 3 aromatic rings. The highest BCUT2D eigenvalue weighted by Gasteiger charge is 2.20. The molecule has 160 valence electrons. The lowest BCUT2D eigenvalue weighted by molar-refractivity contribution is 0.174. The molecule has 0 atom stereocenters. The Morgan fingerprint density at radius 2 is 1.90 bits per heavy atom. The van der Waals surface area contributed by atoms with E-state index >= 15 is 0 Å². The number of likely N-dealkylation sites (tertiary alicyclic amines) is 1. The van der Waals surface area contributed by atoms with Crippen molar-refractivity contribution in [3.63, 3.8) is 0 Å². The van der Waals surface area contributed by atoms with Crippen molar-refractivity contribution in [3.8, 4) is 17.0 Å². The molecule has 2 aliphatic heterocycles. The molecule has 4 heterocycles. The SMILES string of the molecule is O=c1cc(-c2ccncc2)ncn1CC1CCN(CCc2ccc3c(c2)CCO3)CC1. The largest absolute Gasteiger partial charge is 0.493 e. The Kier molecular flexibility index (Phi) is 5.80. The normalized spacial score (nSPS) is 16.8. The third-order valence-corrected chi connectivity index (χ3v) is 6.49. The molecule has 0 aliphatic carbocycles. The highest BCUT2D eigenvalue weighted by molar-refractivity contribution is 5.57. The first kappa shape index (κ1) is 19.9.